The number of hydrogen-bond donors (Lipinski definition) is 1. The van der Waals surface area contributed by atoms with Crippen molar-refractivity contribution in [3.8, 4) is 0 Å². The minimum atomic E-state index is 0.898. The van der Waals surface area contributed by atoms with E-state index in [-0.39, 0.29) is 0 Å². The van der Waals surface area contributed by atoms with Crippen LogP contribution in [0.5, 0.6) is 0 Å². The van der Waals surface area contributed by atoms with E-state index in [1.54, 1.807) is 0 Å². The van der Waals surface area contributed by atoms with Gasteiger partial charge in [-0.15, -0.1) is 0 Å². The zero-order chi connectivity index (χ0) is 11.1. The Morgan fingerprint density at radius 3 is 2.38 bits per heavy atom. The molecule has 1 saturated carbocycles. The Bertz CT molecular complexity index is 241. The average molecular weight is 222 g/mol. The van der Waals surface area contributed by atoms with Crippen molar-refractivity contribution >= 4 is 0 Å². The molecule has 5 atom stereocenters. The summed E-state index contributed by atoms with van der Waals surface area (Å²) in [5, 5.41) is 3.54. The first-order chi connectivity index (χ1) is 7.75. The molecule has 1 N–H and O–H groups in total. The van der Waals surface area contributed by atoms with Gasteiger partial charge in [0, 0.05) is 19.1 Å². The Morgan fingerprint density at radius 1 is 1.00 bits per heavy atom. The molecular formula is C14H26N2. The lowest BCUT2D eigenvalue weighted by atomic mass is 9.77. The summed E-state index contributed by atoms with van der Waals surface area (Å²) in [6, 6.07) is 0.898. The Labute approximate surface area is 99.8 Å². The minimum absolute atomic E-state index is 0.898. The largest absolute Gasteiger partial charge is 0.316 e. The Kier molecular flexibility index (Phi) is 2.97. The maximum absolute atomic E-state index is 3.54. The van der Waals surface area contributed by atoms with Crippen LogP contribution in [0.3, 0.4) is 0 Å². The summed E-state index contributed by atoms with van der Waals surface area (Å²) in [5.41, 5.74) is 0. The van der Waals surface area contributed by atoms with E-state index < -0.39 is 0 Å². The molecule has 16 heavy (non-hydrogen) atoms. The third-order valence-corrected chi connectivity index (χ3v) is 5.55. The van der Waals surface area contributed by atoms with E-state index in [1.807, 2.05) is 0 Å². The fraction of sp³-hybridized carbons (Fsp3) is 1.00. The molecule has 3 aliphatic rings. The van der Waals surface area contributed by atoms with E-state index >= 15 is 0 Å². The molecule has 0 aromatic carbocycles. The zero-order valence-electron chi connectivity index (χ0n) is 10.8. The van der Waals surface area contributed by atoms with E-state index in [9.17, 15) is 0 Å². The zero-order valence-corrected chi connectivity index (χ0v) is 10.8. The van der Waals surface area contributed by atoms with Crippen LogP contribution in [0.1, 0.15) is 33.1 Å². The molecule has 2 aliphatic heterocycles. The van der Waals surface area contributed by atoms with Crippen molar-refractivity contribution in [2.24, 2.45) is 23.7 Å². The predicted molar refractivity (Wildman–Crippen MR) is 67.4 cm³/mol. The van der Waals surface area contributed by atoms with E-state index in [1.165, 1.54) is 45.4 Å². The summed E-state index contributed by atoms with van der Waals surface area (Å²) in [5.74, 6) is 3.78. The number of hydrogen-bond acceptors (Lipinski definition) is 2. The molecule has 3 rings (SSSR count). The van der Waals surface area contributed by atoms with Gasteiger partial charge >= 0.3 is 0 Å². The Morgan fingerprint density at radius 2 is 1.69 bits per heavy atom. The molecule has 3 fully saturated rings. The normalized spacial score (nSPS) is 49.5. The lowest BCUT2D eigenvalue weighted by Crippen LogP contribution is -2.44. The molecule has 0 bridgehead atoms. The third-order valence-electron chi connectivity index (χ3n) is 5.55. The van der Waals surface area contributed by atoms with E-state index in [0.29, 0.717) is 0 Å². The fourth-order valence-corrected chi connectivity index (χ4v) is 4.23. The highest BCUT2D eigenvalue weighted by Gasteiger charge is 2.41. The Hall–Kier alpha value is -0.0800. The molecule has 2 saturated heterocycles. The van der Waals surface area contributed by atoms with Gasteiger partial charge in [-0.05, 0) is 43.2 Å². The van der Waals surface area contributed by atoms with Crippen LogP contribution in [0.2, 0.25) is 0 Å². The SMILES string of the molecule is CC1CCCC(N2C[C@H]3CNC[C@H]3C2)C1C. The van der Waals surface area contributed by atoms with Gasteiger partial charge in [0.05, 0.1) is 0 Å². The lowest BCUT2D eigenvalue weighted by molar-refractivity contribution is 0.0951. The van der Waals surface area contributed by atoms with Crippen molar-refractivity contribution in [2.75, 3.05) is 26.2 Å². The summed E-state index contributed by atoms with van der Waals surface area (Å²) in [6.07, 6.45) is 4.37. The monoisotopic (exact) mass is 222 g/mol. The number of fused-ring (bicyclic) bond motifs is 1. The quantitative estimate of drug-likeness (QED) is 0.729. The molecule has 3 unspecified atom stereocenters. The molecule has 2 nitrogen and oxygen atoms in total. The van der Waals surface area contributed by atoms with Crippen LogP contribution < -0.4 is 5.32 Å². The number of rotatable bonds is 1. The highest BCUT2D eigenvalue weighted by molar-refractivity contribution is 4.95. The van der Waals surface area contributed by atoms with Crippen LogP contribution >= 0.6 is 0 Å². The minimum Gasteiger partial charge on any atom is -0.316 e. The van der Waals surface area contributed by atoms with Crippen molar-refractivity contribution < 1.29 is 0 Å². The first-order valence-corrected chi connectivity index (χ1v) is 7.20. The van der Waals surface area contributed by atoms with E-state index in [0.717, 1.165) is 29.7 Å². The van der Waals surface area contributed by atoms with Crippen molar-refractivity contribution in [1.82, 2.24) is 10.2 Å². The van der Waals surface area contributed by atoms with Crippen LogP contribution in [0.15, 0.2) is 0 Å². The molecule has 2 heterocycles. The highest BCUT2D eigenvalue weighted by Crippen LogP contribution is 2.37. The second-order valence-corrected chi connectivity index (χ2v) is 6.47. The van der Waals surface area contributed by atoms with Gasteiger partial charge in [0.15, 0.2) is 0 Å². The topological polar surface area (TPSA) is 15.3 Å². The third kappa shape index (κ3) is 1.80. The van der Waals surface area contributed by atoms with Gasteiger partial charge in [-0.1, -0.05) is 26.7 Å². The summed E-state index contributed by atoms with van der Waals surface area (Å²) in [7, 11) is 0. The molecule has 1 aliphatic carbocycles. The highest BCUT2D eigenvalue weighted by atomic mass is 15.2. The van der Waals surface area contributed by atoms with Gasteiger partial charge in [-0.25, -0.2) is 0 Å². The van der Waals surface area contributed by atoms with Crippen LogP contribution in [-0.2, 0) is 0 Å². The molecule has 0 radical (unpaired) electrons. The second kappa shape index (κ2) is 4.30. The van der Waals surface area contributed by atoms with E-state index in [4.69, 9.17) is 0 Å². The Balaban J connectivity index is 1.65. The molecule has 0 aromatic rings. The average Bonchev–Trinajstić information content (AvgIpc) is 2.81. The maximum Gasteiger partial charge on any atom is 0.0124 e. The van der Waals surface area contributed by atoms with Crippen molar-refractivity contribution in [2.45, 2.75) is 39.2 Å². The van der Waals surface area contributed by atoms with Gasteiger partial charge in [0.25, 0.3) is 0 Å². The molecule has 0 spiro atoms. The summed E-state index contributed by atoms with van der Waals surface area (Å²) in [4.78, 5) is 2.83. The fourth-order valence-electron chi connectivity index (χ4n) is 4.23. The van der Waals surface area contributed by atoms with Gasteiger partial charge in [-0.3, -0.25) is 4.90 Å². The molecule has 0 amide bonds. The number of nitrogens with one attached hydrogen (secondary N) is 1. The van der Waals surface area contributed by atoms with Crippen molar-refractivity contribution in [1.29, 1.82) is 0 Å². The number of nitrogens with zero attached hydrogens (tertiary/aromatic N) is 1. The van der Waals surface area contributed by atoms with Gasteiger partial charge in [0.2, 0.25) is 0 Å². The van der Waals surface area contributed by atoms with Gasteiger partial charge in [0.1, 0.15) is 0 Å². The van der Waals surface area contributed by atoms with Crippen LogP contribution in [0.4, 0.5) is 0 Å². The van der Waals surface area contributed by atoms with Gasteiger partial charge < -0.3 is 5.32 Å². The second-order valence-electron chi connectivity index (χ2n) is 6.47. The summed E-state index contributed by atoms with van der Waals surface area (Å²) < 4.78 is 0. The van der Waals surface area contributed by atoms with Gasteiger partial charge in [-0.2, -0.15) is 0 Å². The van der Waals surface area contributed by atoms with E-state index in [2.05, 4.69) is 24.1 Å². The smallest absolute Gasteiger partial charge is 0.0124 e. The first kappa shape index (κ1) is 11.0. The first-order valence-electron chi connectivity index (χ1n) is 7.20. The van der Waals surface area contributed by atoms with Crippen LogP contribution in [-0.4, -0.2) is 37.1 Å². The van der Waals surface area contributed by atoms with Crippen molar-refractivity contribution in [3.63, 3.8) is 0 Å². The maximum atomic E-state index is 3.54. The number of likely N-dealkylation sites (tertiary alicyclic amines) is 1. The molecule has 2 heteroatoms. The summed E-state index contributed by atoms with van der Waals surface area (Å²) >= 11 is 0. The standard InChI is InChI=1S/C14H26N2/c1-10-4-3-5-14(11(10)2)16-8-12-6-15-7-13(12)9-16/h10-15H,3-9H2,1-2H3/t10?,11?,12-,13+,14?. The van der Waals surface area contributed by atoms with Crippen LogP contribution in [0.25, 0.3) is 0 Å². The predicted octanol–water partition coefficient (Wildman–Crippen LogP) is 1.96. The van der Waals surface area contributed by atoms with Crippen LogP contribution in [0, 0.1) is 23.7 Å². The summed E-state index contributed by atoms with van der Waals surface area (Å²) in [6.45, 7) is 10.2. The lowest BCUT2D eigenvalue weighted by Gasteiger charge is -2.40. The molecular weight excluding hydrogens is 196 g/mol. The molecule has 0 aromatic heterocycles. The molecule has 92 valence electrons. The van der Waals surface area contributed by atoms with Crippen molar-refractivity contribution in [3.05, 3.63) is 0 Å².